The Morgan fingerprint density at radius 1 is 1.09 bits per heavy atom. The summed E-state index contributed by atoms with van der Waals surface area (Å²) in [7, 11) is -3.81. The molecule has 0 aromatic heterocycles. The molecule has 112 valence electrons. The highest BCUT2D eigenvalue weighted by Gasteiger charge is 2.25. The van der Waals surface area contributed by atoms with Gasteiger partial charge in [0.2, 0.25) is 10.0 Å². The van der Waals surface area contributed by atoms with Gasteiger partial charge in [-0.25, -0.2) is 13.6 Å². The predicted octanol–water partition coefficient (Wildman–Crippen LogP) is 2.14. The molecule has 3 rings (SSSR count). The first-order valence-corrected chi connectivity index (χ1v) is 8.16. The number of carbonyl (C=O) groups excluding carboxylic acids is 1. The highest BCUT2D eigenvalue weighted by atomic mass is 32.2. The van der Waals surface area contributed by atoms with Crippen LogP contribution in [-0.4, -0.2) is 14.3 Å². The van der Waals surface area contributed by atoms with E-state index in [2.05, 4.69) is 5.32 Å². The van der Waals surface area contributed by atoms with Gasteiger partial charge in [-0.05, 0) is 36.8 Å². The number of hydrogen-bond acceptors (Lipinski definition) is 3. The van der Waals surface area contributed by atoms with Crippen LogP contribution in [0.5, 0.6) is 0 Å². The van der Waals surface area contributed by atoms with Crippen LogP contribution in [0.1, 0.15) is 16.7 Å². The van der Waals surface area contributed by atoms with Gasteiger partial charge < -0.3 is 5.32 Å². The fourth-order valence-corrected chi connectivity index (χ4v) is 2.86. The van der Waals surface area contributed by atoms with Crippen LogP contribution in [0.2, 0.25) is 0 Å². The molecule has 0 radical (unpaired) electrons. The molecular formula is C16H14N2O3S. The Labute approximate surface area is 128 Å². The number of anilines is 1. The summed E-state index contributed by atoms with van der Waals surface area (Å²) < 4.78 is 22.9. The van der Waals surface area contributed by atoms with Gasteiger partial charge in [-0.1, -0.05) is 29.8 Å². The summed E-state index contributed by atoms with van der Waals surface area (Å²) in [5, 5.41) is 7.86. The molecule has 0 atom stereocenters. The zero-order valence-electron chi connectivity index (χ0n) is 11.8. The molecule has 1 heterocycles. The lowest BCUT2D eigenvalue weighted by Gasteiger charge is -2.03. The minimum absolute atomic E-state index is 0.0162. The molecule has 1 aliphatic rings. The summed E-state index contributed by atoms with van der Waals surface area (Å²) in [6.45, 7) is 1.98. The normalized spacial score (nSPS) is 15.7. The number of sulfonamides is 1. The van der Waals surface area contributed by atoms with Crippen molar-refractivity contribution < 1.29 is 13.2 Å². The Balaban J connectivity index is 2.12. The summed E-state index contributed by atoms with van der Waals surface area (Å²) in [6.07, 6.45) is 1.73. The van der Waals surface area contributed by atoms with Crippen molar-refractivity contribution in [2.24, 2.45) is 5.14 Å². The molecule has 5 nitrogen and oxygen atoms in total. The number of amides is 1. The Hall–Kier alpha value is -2.44. The van der Waals surface area contributed by atoms with Gasteiger partial charge in [0.1, 0.15) is 0 Å². The topological polar surface area (TPSA) is 89.3 Å². The van der Waals surface area contributed by atoms with E-state index in [1.807, 2.05) is 31.2 Å². The van der Waals surface area contributed by atoms with Crippen molar-refractivity contribution in [1.82, 2.24) is 0 Å². The summed E-state index contributed by atoms with van der Waals surface area (Å²) in [4.78, 5) is 12.1. The van der Waals surface area contributed by atoms with Crippen LogP contribution in [-0.2, 0) is 14.8 Å². The van der Waals surface area contributed by atoms with Crippen LogP contribution in [0.3, 0.4) is 0 Å². The first kappa shape index (κ1) is 14.5. The highest BCUT2D eigenvalue weighted by Crippen LogP contribution is 2.34. The monoisotopic (exact) mass is 314 g/mol. The van der Waals surface area contributed by atoms with E-state index in [9.17, 15) is 13.2 Å². The average molecular weight is 314 g/mol. The Morgan fingerprint density at radius 2 is 1.77 bits per heavy atom. The Kier molecular flexibility index (Phi) is 3.35. The van der Waals surface area contributed by atoms with Gasteiger partial charge >= 0.3 is 0 Å². The molecule has 6 heteroatoms. The average Bonchev–Trinajstić information content (AvgIpc) is 2.76. The molecule has 2 aromatic rings. The molecule has 0 bridgehead atoms. The molecule has 1 amide bonds. The second kappa shape index (κ2) is 5.08. The third-order valence-electron chi connectivity index (χ3n) is 3.49. The van der Waals surface area contributed by atoms with Crippen LogP contribution in [0.25, 0.3) is 11.6 Å². The van der Waals surface area contributed by atoms with E-state index in [1.165, 1.54) is 12.1 Å². The Bertz CT molecular complexity index is 897. The quantitative estimate of drug-likeness (QED) is 0.832. The van der Waals surface area contributed by atoms with E-state index < -0.39 is 10.0 Å². The van der Waals surface area contributed by atoms with Crippen molar-refractivity contribution in [1.29, 1.82) is 0 Å². The maximum absolute atomic E-state index is 12.1. The molecule has 1 aliphatic heterocycles. The zero-order valence-corrected chi connectivity index (χ0v) is 12.6. The van der Waals surface area contributed by atoms with Gasteiger partial charge in [0.05, 0.1) is 4.90 Å². The van der Waals surface area contributed by atoms with Crippen LogP contribution in [0.4, 0.5) is 5.69 Å². The van der Waals surface area contributed by atoms with Gasteiger partial charge in [-0.3, -0.25) is 4.79 Å². The smallest absolute Gasteiger partial charge is 0.256 e. The predicted molar refractivity (Wildman–Crippen MR) is 85.5 cm³/mol. The van der Waals surface area contributed by atoms with Crippen molar-refractivity contribution in [3.05, 3.63) is 59.2 Å². The molecule has 22 heavy (non-hydrogen) atoms. The number of fused-ring (bicyclic) bond motifs is 1. The number of carbonyl (C=O) groups is 1. The molecule has 0 saturated heterocycles. The maximum atomic E-state index is 12.1. The minimum Gasteiger partial charge on any atom is -0.321 e. The van der Waals surface area contributed by atoms with Gasteiger partial charge in [-0.2, -0.15) is 0 Å². The number of nitrogens with two attached hydrogens (primary N) is 1. The molecule has 0 unspecified atom stereocenters. The van der Waals surface area contributed by atoms with Gasteiger partial charge in [-0.15, -0.1) is 0 Å². The lowest BCUT2D eigenvalue weighted by Crippen LogP contribution is -2.12. The molecule has 2 aromatic carbocycles. The van der Waals surface area contributed by atoms with Gasteiger partial charge in [0, 0.05) is 16.8 Å². The third-order valence-corrected chi connectivity index (χ3v) is 4.40. The minimum atomic E-state index is -3.81. The molecule has 0 spiro atoms. The third kappa shape index (κ3) is 2.66. The molecular weight excluding hydrogens is 300 g/mol. The van der Waals surface area contributed by atoms with E-state index in [1.54, 1.807) is 12.1 Å². The van der Waals surface area contributed by atoms with E-state index in [0.717, 1.165) is 11.1 Å². The molecule has 0 fully saturated rings. The second-order valence-corrected chi connectivity index (χ2v) is 6.74. The van der Waals surface area contributed by atoms with Gasteiger partial charge in [0.25, 0.3) is 5.91 Å². The molecule has 0 aliphatic carbocycles. The second-order valence-electron chi connectivity index (χ2n) is 5.18. The van der Waals surface area contributed by atoms with Crippen molar-refractivity contribution in [3.8, 4) is 0 Å². The number of benzene rings is 2. The van der Waals surface area contributed by atoms with Crippen molar-refractivity contribution in [2.75, 3.05) is 5.32 Å². The molecule has 3 N–H and O–H groups in total. The SMILES string of the molecule is Cc1ccc(/C=C2\C(=O)Nc3ccc(S(N)(=O)=O)cc32)cc1. The summed E-state index contributed by atoms with van der Waals surface area (Å²) in [5.41, 5.74) is 3.52. The van der Waals surface area contributed by atoms with Crippen molar-refractivity contribution in [3.63, 3.8) is 0 Å². The van der Waals surface area contributed by atoms with Gasteiger partial charge in [0.15, 0.2) is 0 Å². The lowest BCUT2D eigenvalue weighted by molar-refractivity contribution is -0.110. The highest BCUT2D eigenvalue weighted by molar-refractivity contribution is 7.89. The summed E-state index contributed by atoms with van der Waals surface area (Å²) >= 11 is 0. The number of rotatable bonds is 2. The van der Waals surface area contributed by atoms with E-state index >= 15 is 0 Å². The first-order valence-electron chi connectivity index (χ1n) is 6.61. The first-order chi connectivity index (χ1) is 10.3. The van der Waals surface area contributed by atoms with E-state index in [-0.39, 0.29) is 10.8 Å². The number of aryl methyl sites for hydroxylation is 1. The molecule has 0 saturated carbocycles. The number of hydrogen-bond donors (Lipinski definition) is 2. The number of primary sulfonamides is 1. The van der Waals surface area contributed by atoms with Crippen LogP contribution in [0.15, 0.2) is 47.4 Å². The fraction of sp³-hybridized carbons (Fsp3) is 0.0625. The standard InChI is InChI=1S/C16H14N2O3S/c1-10-2-4-11(5-3-10)8-14-13-9-12(22(17,20)21)6-7-15(13)18-16(14)19/h2-9H,1H3,(H,18,19)(H2,17,20,21)/b14-8-. The van der Waals surface area contributed by atoms with Crippen LogP contribution in [0, 0.1) is 6.92 Å². The fourth-order valence-electron chi connectivity index (χ4n) is 2.32. The van der Waals surface area contributed by atoms with Crippen LogP contribution >= 0.6 is 0 Å². The van der Waals surface area contributed by atoms with Crippen LogP contribution < -0.4 is 10.5 Å². The largest absolute Gasteiger partial charge is 0.321 e. The van der Waals surface area contributed by atoms with E-state index in [4.69, 9.17) is 5.14 Å². The van der Waals surface area contributed by atoms with Crippen molar-refractivity contribution in [2.45, 2.75) is 11.8 Å². The maximum Gasteiger partial charge on any atom is 0.256 e. The summed E-state index contributed by atoms with van der Waals surface area (Å²) in [6, 6.07) is 12.0. The number of nitrogens with one attached hydrogen (secondary N) is 1. The zero-order chi connectivity index (χ0) is 15.9. The van der Waals surface area contributed by atoms with Crippen molar-refractivity contribution >= 4 is 33.3 Å². The Morgan fingerprint density at radius 3 is 2.41 bits per heavy atom. The summed E-state index contributed by atoms with van der Waals surface area (Å²) in [5.74, 6) is -0.262. The lowest BCUT2D eigenvalue weighted by atomic mass is 10.0. The van der Waals surface area contributed by atoms with E-state index in [0.29, 0.717) is 16.8 Å².